The molecule has 0 spiro atoms. The van der Waals surface area contributed by atoms with E-state index < -0.39 is 5.97 Å². The van der Waals surface area contributed by atoms with Gasteiger partial charge in [-0.15, -0.1) is 0 Å². The van der Waals surface area contributed by atoms with Gasteiger partial charge in [-0.1, -0.05) is 12.2 Å². The molecule has 1 aliphatic rings. The van der Waals surface area contributed by atoms with Gasteiger partial charge < -0.3 is 18.9 Å². The highest BCUT2D eigenvalue weighted by molar-refractivity contribution is 5.60. The molecule has 0 aliphatic heterocycles. The van der Waals surface area contributed by atoms with Crippen molar-refractivity contribution in [3.8, 4) is 5.75 Å². The van der Waals surface area contributed by atoms with Crippen LogP contribution in [0.5, 0.6) is 5.75 Å². The van der Waals surface area contributed by atoms with Crippen molar-refractivity contribution in [2.45, 2.75) is 18.8 Å². The number of benzene rings is 1. The van der Waals surface area contributed by atoms with Crippen LogP contribution in [-0.4, -0.2) is 28.4 Å². The Kier molecular flexibility index (Phi) is 4.24. The summed E-state index contributed by atoms with van der Waals surface area (Å²) in [6.07, 6.45) is 6.31. The quantitative estimate of drug-likeness (QED) is 0.766. The number of aryl methyl sites for hydroxylation is 1. The number of allylic oxidation sites excluding steroid dienone is 1. The van der Waals surface area contributed by atoms with Gasteiger partial charge in [0.05, 0.1) is 12.7 Å². The molecular weight excluding hydrogens is 244 g/mol. The second-order valence-electron chi connectivity index (χ2n) is 4.36. The molecule has 4 heteroatoms. The predicted octanol–water partition coefficient (Wildman–Crippen LogP) is 2.70. The summed E-state index contributed by atoms with van der Waals surface area (Å²) in [4.78, 5) is 0. The molecule has 0 unspecified atom stereocenters. The summed E-state index contributed by atoms with van der Waals surface area (Å²) in [6, 6.07) is 4.03. The van der Waals surface area contributed by atoms with Crippen LogP contribution in [0.1, 0.15) is 23.1 Å². The van der Waals surface area contributed by atoms with E-state index in [0.29, 0.717) is 5.75 Å². The van der Waals surface area contributed by atoms with Crippen molar-refractivity contribution >= 4 is 6.08 Å². The minimum Gasteiger partial charge on any atom is -0.496 e. The molecule has 4 nitrogen and oxygen atoms in total. The first-order chi connectivity index (χ1) is 9.20. The zero-order valence-electron chi connectivity index (χ0n) is 11.9. The van der Waals surface area contributed by atoms with Gasteiger partial charge >= 0.3 is 5.97 Å². The molecule has 0 fully saturated rings. The van der Waals surface area contributed by atoms with Crippen LogP contribution in [0.15, 0.2) is 18.2 Å². The Morgan fingerprint density at radius 3 is 2.26 bits per heavy atom. The highest BCUT2D eigenvalue weighted by Gasteiger charge is 2.36. The summed E-state index contributed by atoms with van der Waals surface area (Å²) in [5.74, 6) is -0.544. The summed E-state index contributed by atoms with van der Waals surface area (Å²) in [5, 5.41) is 0. The second kappa shape index (κ2) is 5.74. The van der Waals surface area contributed by atoms with Crippen molar-refractivity contribution < 1.29 is 18.9 Å². The molecule has 0 atom stereocenters. The first-order valence-electron chi connectivity index (χ1n) is 6.24. The highest BCUT2D eigenvalue weighted by atomic mass is 16.9. The summed E-state index contributed by atoms with van der Waals surface area (Å²) < 4.78 is 21.7. The van der Waals surface area contributed by atoms with Gasteiger partial charge in [-0.2, -0.15) is 0 Å². The van der Waals surface area contributed by atoms with E-state index in [2.05, 4.69) is 12.2 Å². The summed E-state index contributed by atoms with van der Waals surface area (Å²) in [6.45, 7) is 0. The molecule has 19 heavy (non-hydrogen) atoms. The van der Waals surface area contributed by atoms with Crippen molar-refractivity contribution in [3.63, 3.8) is 0 Å². The standard InChI is InChI=1S/C15H20O4/c1-16-14-10-12-8-6-5-7-11(12)9-13(14)15(17-2,18-3)19-4/h6,8-10H,5,7H2,1-4H3. The topological polar surface area (TPSA) is 36.9 Å². The smallest absolute Gasteiger partial charge is 0.314 e. The monoisotopic (exact) mass is 264 g/mol. The number of rotatable bonds is 5. The maximum atomic E-state index is 5.45. The number of fused-ring (bicyclic) bond motifs is 1. The Hall–Kier alpha value is -1.36. The van der Waals surface area contributed by atoms with Gasteiger partial charge in [0.25, 0.3) is 0 Å². The van der Waals surface area contributed by atoms with Crippen LogP contribution in [-0.2, 0) is 26.6 Å². The number of hydrogen-bond donors (Lipinski definition) is 0. The first kappa shape index (κ1) is 14.1. The number of methoxy groups -OCH3 is 4. The third-order valence-electron chi connectivity index (χ3n) is 3.48. The van der Waals surface area contributed by atoms with Gasteiger partial charge in [0, 0.05) is 21.3 Å². The van der Waals surface area contributed by atoms with Gasteiger partial charge in [0.2, 0.25) is 0 Å². The largest absolute Gasteiger partial charge is 0.496 e. The fourth-order valence-corrected chi connectivity index (χ4v) is 2.45. The molecule has 1 aliphatic carbocycles. The molecule has 1 aromatic carbocycles. The van der Waals surface area contributed by atoms with E-state index in [0.717, 1.165) is 18.4 Å². The third-order valence-corrected chi connectivity index (χ3v) is 3.48. The van der Waals surface area contributed by atoms with E-state index >= 15 is 0 Å². The molecule has 2 rings (SSSR count). The minimum absolute atomic E-state index is 0.691. The Bertz CT molecular complexity index is 467. The summed E-state index contributed by atoms with van der Waals surface area (Å²) in [7, 11) is 6.27. The van der Waals surface area contributed by atoms with Crippen LogP contribution in [0.4, 0.5) is 0 Å². The van der Waals surface area contributed by atoms with E-state index in [9.17, 15) is 0 Å². The molecular formula is C15H20O4. The molecule has 0 aromatic heterocycles. The molecule has 0 N–H and O–H groups in total. The van der Waals surface area contributed by atoms with Gasteiger partial charge in [-0.3, -0.25) is 0 Å². The lowest BCUT2D eigenvalue weighted by Gasteiger charge is -2.31. The minimum atomic E-state index is -1.23. The van der Waals surface area contributed by atoms with Crippen LogP contribution in [0, 0.1) is 0 Å². The maximum Gasteiger partial charge on any atom is 0.314 e. The van der Waals surface area contributed by atoms with Crippen molar-refractivity contribution in [1.82, 2.24) is 0 Å². The van der Waals surface area contributed by atoms with Crippen LogP contribution in [0.25, 0.3) is 6.08 Å². The second-order valence-corrected chi connectivity index (χ2v) is 4.36. The zero-order valence-corrected chi connectivity index (χ0v) is 11.9. The number of hydrogen-bond acceptors (Lipinski definition) is 4. The Balaban J connectivity index is 2.58. The molecule has 0 radical (unpaired) electrons. The molecule has 0 saturated carbocycles. The fourth-order valence-electron chi connectivity index (χ4n) is 2.45. The molecule has 1 aromatic rings. The Morgan fingerprint density at radius 1 is 1.00 bits per heavy atom. The van der Waals surface area contributed by atoms with E-state index in [-0.39, 0.29) is 0 Å². The van der Waals surface area contributed by atoms with Crippen LogP contribution in [0.2, 0.25) is 0 Å². The van der Waals surface area contributed by atoms with E-state index in [1.807, 2.05) is 12.1 Å². The maximum absolute atomic E-state index is 5.45. The highest BCUT2D eigenvalue weighted by Crippen LogP contribution is 2.37. The Morgan fingerprint density at radius 2 is 1.68 bits per heavy atom. The van der Waals surface area contributed by atoms with Crippen molar-refractivity contribution in [2.75, 3.05) is 28.4 Å². The SMILES string of the molecule is COc1cc2c(cc1C(OC)(OC)OC)CCC=C2. The van der Waals surface area contributed by atoms with Crippen LogP contribution < -0.4 is 4.74 Å². The molecule has 0 amide bonds. The summed E-state index contributed by atoms with van der Waals surface area (Å²) >= 11 is 0. The summed E-state index contributed by atoms with van der Waals surface area (Å²) in [5.41, 5.74) is 3.16. The lowest BCUT2D eigenvalue weighted by atomic mass is 9.94. The van der Waals surface area contributed by atoms with E-state index in [1.165, 1.54) is 11.1 Å². The normalized spacial score (nSPS) is 14.3. The van der Waals surface area contributed by atoms with Crippen LogP contribution >= 0.6 is 0 Å². The van der Waals surface area contributed by atoms with Gasteiger partial charge in [-0.05, 0) is 36.1 Å². The Labute approximate surface area is 113 Å². The van der Waals surface area contributed by atoms with E-state index in [4.69, 9.17) is 18.9 Å². The average Bonchev–Trinajstić information content (AvgIpc) is 2.49. The molecule has 0 bridgehead atoms. The zero-order chi connectivity index (χ0) is 13.9. The molecule has 104 valence electrons. The van der Waals surface area contributed by atoms with Crippen molar-refractivity contribution in [3.05, 3.63) is 34.9 Å². The average molecular weight is 264 g/mol. The molecule has 0 saturated heterocycles. The lowest BCUT2D eigenvalue weighted by molar-refractivity contribution is -0.365. The lowest BCUT2D eigenvalue weighted by Crippen LogP contribution is -2.33. The molecule has 0 heterocycles. The van der Waals surface area contributed by atoms with Crippen LogP contribution in [0.3, 0.4) is 0 Å². The van der Waals surface area contributed by atoms with Crippen molar-refractivity contribution in [2.24, 2.45) is 0 Å². The first-order valence-corrected chi connectivity index (χ1v) is 6.24. The third kappa shape index (κ3) is 2.39. The van der Waals surface area contributed by atoms with Crippen molar-refractivity contribution in [1.29, 1.82) is 0 Å². The van der Waals surface area contributed by atoms with Gasteiger partial charge in [0.1, 0.15) is 5.75 Å². The predicted molar refractivity (Wildman–Crippen MR) is 73.1 cm³/mol. The number of ether oxygens (including phenoxy) is 4. The fraction of sp³-hybridized carbons (Fsp3) is 0.467. The van der Waals surface area contributed by atoms with Gasteiger partial charge in [-0.25, -0.2) is 0 Å². The van der Waals surface area contributed by atoms with Gasteiger partial charge in [0.15, 0.2) is 0 Å². The van der Waals surface area contributed by atoms with E-state index in [1.54, 1.807) is 28.4 Å².